The number of esters is 1. The van der Waals surface area contributed by atoms with Gasteiger partial charge in [0.05, 0.1) is 7.11 Å². The molecular weight excluding hydrogens is 642 g/mol. The lowest BCUT2D eigenvalue weighted by Crippen LogP contribution is -2.74. The number of ether oxygens (including phenoxy) is 3. The SMILES string of the molecule is COc1ccccc1CN1CC/C(=C\C2=CS[C@@H]3[C@H](NC(=O)OC(C)(C)C)C(=O)N3[C@H]2C(=O)OC(c2ccccc2)c2ccccc2)C1=O. The summed E-state index contributed by atoms with van der Waals surface area (Å²) in [6.07, 6.45) is 0.714. The van der Waals surface area contributed by atoms with E-state index in [2.05, 4.69) is 5.32 Å². The van der Waals surface area contributed by atoms with Gasteiger partial charge in [-0.25, -0.2) is 9.59 Å². The molecule has 6 rings (SSSR count). The fourth-order valence-electron chi connectivity index (χ4n) is 6.17. The van der Waals surface area contributed by atoms with E-state index < -0.39 is 47.1 Å². The molecule has 49 heavy (non-hydrogen) atoms. The summed E-state index contributed by atoms with van der Waals surface area (Å²) in [5, 5.41) is 3.87. The molecule has 10 nitrogen and oxygen atoms in total. The number of alkyl carbamates (subject to hydrolysis) is 1. The number of rotatable bonds is 9. The van der Waals surface area contributed by atoms with Gasteiger partial charge in [0.2, 0.25) is 11.8 Å². The Hall–Kier alpha value is -5.03. The molecule has 3 aromatic carbocycles. The summed E-state index contributed by atoms with van der Waals surface area (Å²) in [5.74, 6) is -0.547. The van der Waals surface area contributed by atoms with Crippen LogP contribution in [0.15, 0.2) is 108 Å². The number of amides is 3. The van der Waals surface area contributed by atoms with Gasteiger partial charge in [-0.05, 0) is 61.4 Å². The van der Waals surface area contributed by atoms with Crippen LogP contribution < -0.4 is 10.1 Å². The molecule has 3 aliphatic heterocycles. The number of methoxy groups -OCH3 is 1. The quantitative estimate of drug-likeness (QED) is 0.173. The minimum Gasteiger partial charge on any atom is -0.496 e. The van der Waals surface area contributed by atoms with Crippen molar-refractivity contribution in [3.05, 3.63) is 124 Å². The van der Waals surface area contributed by atoms with Crippen LogP contribution in [0.4, 0.5) is 4.79 Å². The standard InChI is InChI=1S/C38H39N3O7S/c1-38(2,3)48-37(45)39-30-34(43)41-31(36(44)47-32(24-13-7-5-8-14-24)25-15-9-6-10-16-25)28(23-49-35(30)41)21-26-19-20-40(33(26)42)22-27-17-11-12-18-29(27)46-4/h5-18,21,23,30-32,35H,19-20,22H2,1-4H3,(H,39,45)/b26-21+/t30-,31-,35-/m1/s1. The Morgan fingerprint density at radius 3 is 2.22 bits per heavy atom. The second kappa shape index (κ2) is 14.2. The highest BCUT2D eigenvalue weighted by Crippen LogP contribution is 2.42. The summed E-state index contributed by atoms with van der Waals surface area (Å²) < 4.78 is 17.1. The first kappa shape index (κ1) is 33.9. The van der Waals surface area contributed by atoms with Crippen molar-refractivity contribution >= 4 is 35.6 Å². The van der Waals surface area contributed by atoms with E-state index in [1.807, 2.05) is 84.9 Å². The Bertz CT molecular complexity index is 1750. The number of β-lactam (4-membered cyclic amide) rings is 1. The topological polar surface area (TPSA) is 114 Å². The molecular formula is C38H39N3O7S. The number of carbonyl (C=O) groups is 4. The zero-order valence-electron chi connectivity index (χ0n) is 27.8. The van der Waals surface area contributed by atoms with E-state index in [0.717, 1.165) is 16.7 Å². The van der Waals surface area contributed by atoms with Crippen molar-refractivity contribution < 1.29 is 33.4 Å². The van der Waals surface area contributed by atoms with E-state index in [1.165, 1.54) is 16.7 Å². The fourth-order valence-corrected chi connectivity index (χ4v) is 7.36. The summed E-state index contributed by atoms with van der Waals surface area (Å²) >= 11 is 1.30. The first-order valence-corrected chi connectivity index (χ1v) is 17.1. The summed E-state index contributed by atoms with van der Waals surface area (Å²) in [4.78, 5) is 57.5. The molecule has 11 heteroatoms. The van der Waals surface area contributed by atoms with E-state index in [9.17, 15) is 19.2 Å². The molecule has 3 aliphatic rings. The molecule has 2 fully saturated rings. The molecule has 2 saturated heterocycles. The van der Waals surface area contributed by atoms with Crippen molar-refractivity contribution in [3.63, 3.8) is 0 Å². The van der Waals surface area contributed by atoms with Crippen LogP contribution in [0.25, 0.3) is 0 Å². The number of thioether (sulfide) groups is 1. The Balaban J connectivity index is 1.29. The predicted octanol–water partition coefficient (Wildman–Crippen LogP) is 5.75. The molecule has 0 spiro atoms. The van der Waals surface area contributed by atoms with Crippen molar-refractivity contribution in [1.29, 1.82) is 0 Å². The average Bonchev–Trinajstić information content (AvgIpc) is 3.43. The molecule has 0 aromatic heterocycles. The zero-order valence-corrected chi connectivity index (χ0v) is 28.6. The Morgan fingerprint density at radius 2 is 1.59 bits per heavy atom. The van der Waals surface area contributed by atoms with Gasteiger partial charge in [0, 0.05) is 24.2 Å². The molecule has 0 bridgehead atoms. The first-order valence-electron chi connectivity index (χ1n) is 16.1. The normalized spacial score (nSPS) is 21.2. The molecule has 1 N–H and O–H groups in total. The van der Waals surface area contributed by atoms with Crippen molar-refractivity contribution in [1.82, 2.24) is 15.1 Å². The smallest absolute Gasteiger partial charge is 0.408 e. The Labute approximate surface area is 290 Å². The van der Waals surface area contributed by atoms with E-state index in [0.29, 0.717) is 36.4 Å². The number of hydrogen-bond donors (Lipinski definition) is 1. The Morgan fingerprint density at radius 1 is 0.959 bits per heavy atom. The average molecular weight is 682 g/mol. The molecule has 3 aromatic rings. The third-order valence-corrected chi connectivity index (χ3v) is 9.65. The number of benzene rings is 3. The van der Waals surface area contributed by atoms with E-state index in [-0.39, 0.29) is 5.91 Å². The largest absolute Gasteiger partial charge is 0.496 e. The van der Waals surface area contributed by atoms with Crippen molar-refractivity contribution in [2.45, 2.75) is 62.9 Å². The highest BCUT2D eigenvalue weighted by molar-refractivity contribution is 8.03. The first-order chi connectivity index (χ1) is 23.5. The second-order valence-corrected chi connectivity index (χ2v) is 14.0. The predicted molar refractivity (Wildman–Crippen MR) is 185 cm³/mol. The maximum Gasteiger partial charge on any atom is 0.408 e. The monoisotopic (exact) mass is 681 g/mol. The summed E-state index contributed by atoms with van der Waals surface area (Å²) in [7, 11) is 1.60. The van der Waals surface area contributed by atoms with Gasteiger partial charge < -0.3 is 29.3 Å². The summed E-state index contributed by atoms with van der Waals surface area (Å²) in [6.45, 7) is 6.09. The van der Waals surface area contributed by atoms with Crippen LogP contribution in [0.3, 0.4) is 0 Å². The lowest BCUT2D eigenvalue weighted by molar-refractivity contribution is -0.164. The maximum absolute atomic E-state index is 14.3. The maximum atomic E-state index is 14.3. The number of para-hydroxylation sites is 1. The molecule has 0 saturated carbocycles. The van der Waals surface area contributed by atoms with Crippen LogP contribution in [-0.4, -0.2) is 70.4 Å². The third kappa shape index (κ3) is 7.36. The fraction of sp³-hybridized carbons (Fsp3) is 0.316. The number of nitrogens with zero attached hydrogens (tertiary/aromatic N) is 2. The highest BCUT2D eigenvalue weighted by Gasteiger charge is 2.56. The van der Waals surface area contributed by atoms with Gasteiger partial charge in [-0.15, -0.1) is 11.8 Å². The second-order valence-electron chi connectivity index (χ2n) is 13.0. The van der Waals surface area contributed by atoms with Crippen LogP contribution in [0.2, 0.25) is 0 Å². The summed E-state index contributed by atoms with van der Waals surface area (Å²) in [6, 6.07) is 24.3. The van der Waals surface area contributed by atoms with Crippen LogP contribution in [0.5, 0.6) is 5.75 Å². The zero-order chi connectivity index (χ0) is 34.7. The minimum absolute atomic E-state index is 0.156. The number of likely N-dealkylation sites (tertiary alicyclic amines) is 1. The van der Waals surface area contributed by atoms with E-state index >= 15 is 0 Å². The van der Waals surface area contributed by atoms with E-state index in [4.69, 9.17) is 14.2 Å². The van der Waals surface area contributed by atoms with Gasteiger partial charge >= 0.3 is 12.1 Å². The molecule has 0 unspecified atom stereocenters. The van der Waals surface area contributed by atoms with Crippen LogP contribution >= 0.6 is 11.8 Å². The molecule has 0 aliphatic carbocycles. The molecule has 3 heterocycles. The number of hydrogen-bond acceptors (Lipinski definition) is 8. The van der Waals surface area contributed by atoms with Crippen LogP contribution in [-0.2, 0) is 30.4 Å². The van der Waals surface area contributed by atoms with Gasteiger partial charge in [-0.2, -0.15) is 0 Å². The number of nitrogens with one attached hydrogen (secondary N) is 1. The van der Waals surface area contributed by atoms with Gasteiger partial charge in [0.1, 0.15) is 22.8 Å². The van der Waals surface area contributed by atoms with E-state index in [1.54, 1.807) is 44.3 Å². The van der Waals surface area contributed by atoms with Gasteiger partial charge in [0.15, 0.2) is 12.1 Å². The molecule has 254 valence electrons. The van der Waals surface area contributed by atoms with Crippen molar-refractivity contribution in [3.8, 4) is 5.75 Å². The lowest BCUT2D eigenvalue weighted by Gasteiger charge is -2.51. The molecule has 3 atom stereocenters. The number of fused-ring (bicyclic) bond motifs is 1. The number of carbonyl (C=O) groups excluding carboxylic acids is 4. The van der Waals surface area contributed by atoms with Crippen molar-refractivity contribution in [2.24, 2.45) is 0 Å². The minimum atomic E-state index is -1.14. The molecule has 0 radical (unpaired) electrons. The van der Waals surface area contributed by atoms with Crippen molar-refractivity contribution in [2.75, 3.05) is 13.7 Å². The van der Waals surface area contributed by atoms with Gasteiger partial charge in [-0.3, -0.25) is 9.59 Å². The van der Waals surface area contributed by atoms with Gasteiger partial charge in [-0.1, -0.05) is 78.9 Å². The third-order valence-electron chi connectivity index (χ3n) is 8.46. The van der Waals surface area contributed by atoms with Crippen LogP contribution in [0.1, 0.15) is 50.0 Å². The summed E-state index contributed by atoms with van der Waals surface area (Å²) in [5.41, 5.74) is 2.67. The molecule has 3 amide bonds. The van der Waals surface area contributed by atoms with Gasteiger partial charge in [0.25, 0.3) is 0 Å². The Kier molecular flexibility index (Phi) is 9.82. The highest BCUT2D eigenvalue weighted by atomic mass is 32.2. The lowest BCUT2D eigenvalue weighted by atomic mass is 9.95. The van der Waals surface area contributed by atoms with Crippen LogP contribution in [0, 0.1) is 0 Å².